The van der Waals surface area contributed by atoms with Gasteiger partial charge in [0, 0.05) is 52.0 Å². The number of hydrogen-bond donors (Lipinski definition) is 1. The Balaban J connectivity index is 0.000000328. The van der Waals surface area contributed by atoms with Crippen LogP contribution in [0.5, 0.6) is 0 Å². The zero-order valence-electron chi connectivity index (χ0n) is 23.8. The summed E-state index contributed by atoms with van der Waals surface area (Å²) in [4.78, 5) is 17.7. The molecule has 0 spiro atoms. The van der Waals surface area contributed by atoms with E-state index < -0.39 is 0 Å². The van der Waals surface area contributed by atoms with Gasteiger partial charge in [0.15, 0.2) is 5.78 Å². The van der Waals surface area contributed by atoms with E-state index >= 15 is 0 Å². The van der Waals surface area contributed by atoms with Gasteiger partial charge in [-0.2, -0.15) is 0 Å². The van der Waals surface area contributed by atoms with Gasteiger partial charge in [-0.1, -0.05) is 103 Å². The number of benzene rings is 2. The number of unbranched alkanes of at least 4 members (excludes halogenated alkanes) is 2. The molecule has 0 atom stereocenters. The van der Waals surface area contributed by atoms with E-state index in [1.807, 2.05) is 36.2 Å². The molecular formula is C33H40BN2O2Pt-. The number of carbonyl (C=O) groups is 1. The van der Waals surface area contributed by atoms with Gasteiger partial charge < -0.3 is 15.0 Å². The topological polar surface area (TPSA) is 53.4 Å². The molecule has 4 rings (SSSR count). The van der Waals surface area contributed by atoms with Crippen LogP contribution >= 0.6 is 0 Å². The van der Waals surface area contributed by atoms with E-state index in [1.165, 1.54) is 33.7 Å². The molecule has 6 heteroatoms. The monoisotopic (exact) mass is 702 g/mol. The molecule has 2 heterocycles. The number of anilines is 2. The van der Waals surface area contributed by atoms with E-state index in [-0.39, 0.29) is 39.3 Å². The SMILES string of the molecule is CCCCC(=O)/C=C(\O)CCCC.Cc1cc(C)c(B2C=[C-]N(c3ccccn3)c3ccccc32)c(C)c1.[Pt]. The van der Waals surface area contributed by atoms with Gasteiger partial charge in [-0.25, -0.2) is 0 Å². The Hall–Kier alpha value is -2.91. The fourth-order valence-corrected chi connectivity index (χ4v) is 4.90. The number of aliphatic hydroxyl groups is 1. The maximum absolute atomic E-state index is 11.1. The van der Waals surface area contributed by atoms with Crippen molar-refractivity contribution >= 4 is 34.9 Å². The Morgan fingerprint density at radius 2 is 1.62 bits per heavy atom. The van der Waals surface area contributed by atoms with Crippen molar-refractivity contribution in [2.24, 2.45) is 0 Å². The summed E-state index contributed by atoms with van der Waals surface area (Å²) in [5.41, 5.74) is 7.80. The number of fused-ring (bicyclic) bond motifs is 1. The fraction of sp³-hybridized carbons (Fsp3) is 0.333. The van der Waals surface area contributed by atoms with Crippen LogP contribution in [0.25, 0.3) is 0 Å². The number of allylic oxidation sites excluding steroid dienone is 2. The first-order valence-electron chi connectivity index (χ1n) is 13.7. The molecule has 39 heavy (non-hydrogen) atoms. The third-order valence-corrected chi connectivity index (χ3v) is 6.70. The fourth-order valence-electron chi connectivity index (χ4n) is 4.90. The zero-order valence-corrected chi connectivity index (χ0v) is 26.1. The zero-order chi connectivity index (χ0) is 27.5. The minimum Gasteiger partial charge on any atom is -0.512 e. The van der Waals surface area contributed by atoms with Crippen LogP contribution in [0.1, 0.15) is 69.1 Å². The molecule has 1 N–H and O–H groups in total. The van der Waals surface area contributed by atoms with Crippen molar-refractivity contribution in [2.75, 3.05) is 4.90 Å². The van der Waals surface area contributed by atoms with Crippen LogP contribution in [0.3, 0.4) is 0 Å². The minimum absolute atomic E-state index is 0. The van der Waals surface area contributed by atoms with Gasteiger partial charge in [0.2, 0.25) is 6.71 Å². The summed E-state index contributed by atoms with van der Waals surface area (Å²) in [5, 5.41) is 9.29. The molecule has 3 aromatic rings. The summed E-state index contributed by atoms with van der Waals surface area (Å²) >= 11 is 0. The second kappa shape index (κ2) is 16.3. The van der Waals surface area contributed by atoms with Crippen molar-refractivity contribution in [1.82, 2.24) is 4.98 Å². The molecule has 208 valence electrons. The third-order valence-electron chi connectivity index (χ3n) is 6.70. The van der Waals surface area contributed by atoms with E-state index in [4.69, 9.17) is 0 Å². The quantitative estimate of drug-likeness (QED) is 0.113. The van der Waals surface area contributed by atoms with Gasteiger partial charge in [0.25, 0.3) is 0 Å². The summed E-state index contributed by atoms with van der Waals surface area (Å²) < 4.78 is 0. The van der Waals surface area contributed by atoms with Gasteiger partial charge in [-0.15, -0.1) is 17.6 Å². The predicted molar refractivity (Wildman–Crippen MR) is 161 cm³/mol. The molecule has 1 aromatic heterocycles. The van der Waals surface area contributed by atoms with Gasteiger partial charge in [-0.05, 0) is 39.7 Å². The Kier molecular flexibility index (Phi) is 13.5. The number of pyridine rings is 1. The molecule has 2 aromatic carbocycles. The Morgan fingerprint density at radius 3 is 2.26 bits per heavy atom. The first-order chi connectivity index (χ1) is 18.3. The number of aromatic nitrogens is 1. The van der Waals surface area contributed by atoms with Crippen LogP contribution in [0, 0.1) is 27.0 Å². The maximum Gasteiger partial charge on any atom is 0.212 e. The normalized spacial score (nSPS) is 12.3. The van der Waals surface area contributed by atoms with Gasteiger partial charge >= 0.3 is 0 Å². The molecule has 1 aliphatic heterocycles. The van der Waals surface area contributed by atoms with E-state index in [9.17, 15) is 9.90 Å². The first-order valence-corrected chi connectivity index (χ1v) is 13.7. The van der Waals surface area contributed by atoms with Crippen molar-refractivity contribution in [3.05, 3.63) is 101 Å². The predicted octanol–water partition coefficient (Wildman–Crippen LogP) is 7.00. The second-order valence-corrected chi connectivity index (χ2v) is 9.98. The van der Waals surface area contributed by atoms with Crippen LogP contribution in [0.2, 0.25) is 0 Å². The van der Waals surface area contributed by atoms with Crippen molar-refractivity contribution in [2.45, 2.75) is 73.1 Å². The summed E-state index contributed by atoms with van der Waals surface area (Å²) in [6.07, 6.45) is 11.8. The molecule has 0 radical (unpaired) electrons. The molecule has 0 amide bonds. The molecule has 0 aliphatic carbocycles. The molecule has 0 saturated carbocycles. The Bertz CT molecular complexity index is 1250. The molecule has 0 unspecified atom stereocenters. The number of para-hydroxylation sites is 1. The number of hydrogen-bond acceptors (Lipinski definition) is 4. The van der Waals surface area contributed by atoms with Crippen LogP contribution in [0.15, 0.2) is 78.6 Å². The molecule has 0 saturated heterocycles. The van der Waals surface area contributed by atoms with E-state index in [1.54, 1.807) is 0 Å². The molecule has 1 aliphatic rings. The van der Waals surface area contributed by atoms with Crippen molar-refractivity contribution in [1.29, 1.82) is 0 Å². The number of aliphatic hydroxyl groups excluding tert-OH is 1. The average Bonchev–Trinajstić information content (AvgIpc) is 2.91. The van der Waals surface area contributed by atoms with E-state index in [0.29, 0.717) is 12.8 Å². The van der Waals surface area contributed by atoms with Crippen LogP contribution in [0.4, 0.5) is 11.5 Å². The van der Waals surface area contributed by atoms with Gasteiger partial charge in [-0.3, -0.25) is 4.79 Å². The third kappa shape index (κ3) is 9.07. The molecule has 4 nitrogen and oxygen atoms in total. The number of ketones is 1. The van der Waals surface area contributed by atoms with Crippen LogP contribution in [-0.2, 0) is 25.9 Å². The summed E-state index contributed by atoms with van der Waals surface area (Å²) in [6, 6.07) is 19.0. The van der Waals surface area contributed by atoms with E-state index in [0.717, 1.165) is 37.2 Å². The van der Waals surface area contributed by atoms with Crippen molar-refractivity contribution in [3.8, 4) is 0 Å². The van der Waals surface area contributed by atoms with Crippen molar-refractivity contribution < 1.29 is 31.0 Å². The second-order valence-electron chi connectivity index (χ2n) is 9.98. The number of rotatable bonds is 9. The average molecular weight is 703 g/mol. The number of aryl methyl sites for hydroxylation is 3. The number of nitrogens with zero attached hydrogens (tertiary/aromatic N) is 2. The first kappa shape index (κ1) is 32.3. The van der Waals surface area contributed by atoms with Crippen LogP contribution in [-0.4, -0.2) is 22.6 Å². The minimum atomic E-state index is 0. The molecule has 0 bridgehead atoms. The standard InChI is InChI=1S/C22H20BN2.C11H20O2.Pt/c1-16-14-17(2)22(18(3)15-16)23-11-13-25(21-10-6-7-12-24-21)20-9-5-4-8-19(20)23;1-3-5-7-10(12)9-11(13)8-6-4-2;/h4-12,14-15H,1-3H3;9,12H,3-8H2,1-2H3;/q-1;;/b;10-9-;. The van der Waals surface area contributed by atoms with Gasteiger partial charge in [0.05, 0.1) is 5.76 Å². The summed E-state index contributed by atoms with van der Waals surface area (Å²) in [6.45, 7) is 10.9. The van der Waals surface area contributed by atoms with Crippen molar-refractivity contribution in [3.63, 3.8) is 0 Å². The smallest absolute Gasteiger partial charge is 0.212 e. The van der Waals surface area contributed by atoms with E-state index in [2.05, 4.69) is 81.3 Å². The molecular weight excluding hydrogens is 662 g/mol. The Labute approximate surface area is 249 Å². The van der Waals surface area contributed by atoms with Crippen LogP contribution < -0.4 is 15.8 Å². The Morgan fingerprint density at radius 1 is 0.974 bits per heavy atom. The maximum atomic E-state index is 11.1. The van der Waals surface area contributed by atoms with Gasteiger partial charge in [0.1, 0.15) is 0 Å². The molecule has 0 fully saturated rings. The summed E-state index contributed by atoms with van der Waals surface area (Å²) in [7, 11) is 0. The largest absolute Gasteiger partial charge is 0.512 e. The number of carbonyl (C=O) groups excluding carboxylic acids is 1. The summed E-state index contributed by atoms with van der Waals surface area (Å²) in [5.74, 6) is 3.35.